The van der Waals surface area contributed by atoms with Crippen LogP contribution in [0.1, 0.15) is 25.3 Å². The lowest BCUT2D eigenvalue weighted by molar-refractivity contribution is 0.468. The minimum Gasteiger partial charge on any atom is -0.417 e. The molecule has 11 heavy (non-hydrogen) atoms. The van der Waals surface area contributed by atoms with Gasteiger partial charge in [0.05, 0.1) is 5.56 Å². The molecular weight excluding hydrogens is 146 g/mol. The van der Waals surface area contributed by atoms with Crippen LogP contribution in [-0.2, 0) is 0 Å². The summed E-state index contributed by atoms with van der Waals surface area (Å²) >= 11 is 0. The topological polar surface area (TPSA) is 63.1 Å². The first kappa shape index (κ1) is 7.78. The first-order valence-corrected chi connectivity index (χ1v) is 3.33. The Morgan fingerprint density at radius 1 is 1.45 bits per heavy atom. The van der Waals surface area contributed by atoms with Crippen LogP contribution in [0.5, 0.6) is 0 Å². The van der Waals surface area contributed by atoms with E-state index in [1.165, 1.54) is 6.26 Å². The Morgan fingerprint density at radius 3 is 2.55 bits per heavy atom. The van der Waals surface area contributed by atoms with Gasteiger partial charge in [-0.1, -0.05) is 13.8 Å². The van der Waals surface area contributed by atoms with Crippen LogP contribution in [0.25, 0.3) is 0 Å². The SMILES string of the molecule is CC(C)c1coc(=O)[nH]c1=O. The van der Waals surface area contributed by atoms with E-state index in [9.17, 15) is 9.59 Å². The first-order valence-electron chi connectivity index (χ1n) is 3.33. The molecule has 4 nitrogen and oxygen atoms in total. The Kier molecular flexibility index (Phi) is 1.94. The van der Waals surface area contributed by atoms with Crippen LogP contribution in [-0.4, -0.2) is 4.98 Å². The molecule has 0 saturated heterocycles. The molecule has 1 heterocycles. The van der Waals surface area contributed by atoms with Gasteiger partial charge in [0.1, 0.15) is 6.26 Å². The highest BCUT2D eigenvalue weighted by atomic mass is 16.4. The summed E-state index contributed by atoms with van der Waals surface area (Å²) in [6, 6.07) is 0. The molecule has 0 aliphatic carbocycles. The Hall–Kier alpha value is -1.32. The van der Waals surface area contributed by atoms with E-state index in [1.807, 2.05) is 18.8 Å². The third kappa shape index (κ3) is 1.58. The highest BCUT2D eigenvalue weighted by Crippen LogP contribution is 2.05. The lowest BCUT2D eigenvalue weighted by Crippen LogP contribution is -2.21. The van der Waals surface area contributed by atoms with Gasteiger partial charge in [-0.15, -0.1) is 0 Å². The van der Waals surface area contributed by atoms with Gasteiger partial charge in [0, 0.05) is 0 Å². The fraction of sp³-hybridized carbons (Fsp3) is 0.429. The Balaban J connectivity index is 3.32. The molecule has 1 aromatic heterocycles. The highest BCUT2D eigenvalue weighted by Gasteiger charge is 2.04. The van der Waals surface area contributed by atoms with Crippen LogP contribution in [0.15, 0.2) is 20.3 Å². The summed E-state index contributed by atoms with van der Waals surface area (Å²) in [5.74, 6) is -0.637. The van der Waals surface area contributed by atoms with Crippen molar-refractivity contribution < 1.29 is 4.42 Å². The van der Waals surface area contributed by atoms with E-state index >= 15 is 0 Å². The summed E-state index contributed by atoms with van der Waals surface area (Å²) in [7, 11) is 0. The maximum absolute atomic E-state index is 11.0. The Labute approximate surface area is 62.9 Å². The minimum atomic E-state index is -0.709. The molecule has 0 aromatic carbocycles. The first-order chi connectivity index (χ1) is 5.11. The highest BCUT2D eigenvalue weighted by molar-refractivity contribution is 5.05. The normalized spacial score (nSPS) is 10.5. The molecule has 1 rings (SSSR count). The number of nitrogens with one attached hydrogen (secondary N) is 1. The van der Waals surface area contributed by atoms with Gasteiger partial charge in [0.25, 0.3) is 5.56 Å². The molecule has 1 N–H and O–H groups in total. The van der Waals surface area contributed by atoms with Gasteiger partial charge >= 0.3 is 5.76 Å². The van der Waals surface area contributed by atoms with E-state index in [2.05, 4.69) is 4.42 Å². The Morgan fingerprint density at radius 2 is 2.09 bits per heavy atom. The molecule has 1 aromatic rings. The molecule has 60 valence electrons. The molecule has 0 saturated carbocycles. The summed E-state index contributed by atoms with van der Waals surface area (Å²) in [4.78, 5) is 23.5. The molecular formula is C7H9NO3. The second-order valence-electron chi connectivity index (χ2n) is 2.59. The van der Waals surface area contributed by atoms with Gasteiger partial charge in [0.15, 0.2) is 0 Å². The summed E-state index contributed by atoms with van der Waals surface area (Å²) in [6.45, 7) is 3.70. The molecule has 0 spiro atoms. The Bertz CT molecular complexity index is 347. The van der Waals surface area contributed by atoms with Crippen molar-refractivity contribution in [3.05, 3.63) is 32.7 Å². The van der Waals surface area contributed by atoms with Crippen molar-refractivity contribution in [1.29, 1.82) is 0 Å². The molecule has 0 amide bonds. The predicted molar refractivity (Wildman–Crippen MR) is 39.7 cm³/mol. The predicted octanol–water partition coefficient (Wildman–Crippen LogP) is 0.452. The van der Waals surface area contributed by atoms with E-state index in [-0.39, 0.29) is 11.5 Å². The lowest BCUT2D eigenvalue weighted by atomic mass is 10.1. The van der Waals surface area contributed by atoms with Gasteiger partial charge in [-0.05, 0) is 5.92 Å². The number of aromatic amines is 1. The third-order valence-electron chi connectivity index (χ3n) is 1.39. The van der Waals surface area contributed by atoms with E-state index in [0.717, 1.165) is 0 Å². The maximum atomic E-state index is 11.0. The number of hydrogen-bond acceptors (Lipinski definition) is 3. The molecule has 0 radical (unpaired) electrons. The van der Waals surface area contributed by atoms with Crippen molar-refractivity contribution in [3.8, 4) is 0 Å². The fourth-order valence-corrected chi connectivity index (χ4v) is 0.763. The maximum Gasteiger partial charge on any atom is 0.419 e. The average Bonchev–Trinajstić information content (AvgIpc) is 1.85. The largest absolute Gasteiger partial charge is 0.419 e. The summed E-state index contributed by atoms with van der Waals surface area (Å²) in [5.41, 5.74) is 0.126. The summed E-state index contributed by atoms with van der Waals surface area (Å²) in [6.07, 6.45) is 1.20. The zero-order chi connectivity index (χ0) is 8.43. The number of H-pyrrole nitrogens is 1. The van der Waals surface area contributed by atoms with E-state index in [0.29, 0.717) is 5.56 Å². The van der Waals surface area contributed by atoms with Crippen LogP contribution in [0.2, 0.25) is 0 Å². The van der Waals surface area contributed by atoms with Gasteiger partial charge in [0.2, 0.25) is 0 Å². The van der Waals surface area contributed by atoms with Crippen LogP contribution >= 0.6 is 0 Å². The van der Waals surface area contributed by atoms with Gasteiger partial charge in [-0.3, -0.25) is 9.78 Å². The standard InChI is InChI=1S/C7H9NO3/c1-4(2)5-3-11-7(10)8-6(5)9/h3-4H,1-2H3,(H,8,9,10). The quantitative estimate of drug-likeness (QED) is 0.640. The number of aromatic nitrogens is 1. The number of hydrogen-bond donors (Lipinski definition) is 1. The fourth-order valence-electron chi connectivity index (χ4n) is 0.763. The monoisotopic (exact) mass is 155 g/mol. The zero-order valence-corrected chi connectivity index (χ0v) is 6.38. The second kappa shape index (κ2) is 2.74. The number of rotatable bonds is 1. The van der Waals surface area contributed by atoms with Crippen LogP contribution in [0.4, 0.5) is 0 Å². The smallest absolute Gasteiger partial charge is 0.417 e. The van der Waals surface area contributed by atoms with E-state index in [4.69, 9.17) is 0 Å². The van der Waals surface area contributed by atoms with Gasteiger partial charge in [-0.25, -0.2) is 4.79 Å². The average molecular weight is 155 g/mol. The lowest BCUT2D eigenvalue weighted by Gasteiger charge is -1.99. The zero-order valence-electron chi connectivity index (χ0n) is 6.38. The van der Waals surface area contributed by atoms with Crippen LogP contribution in [0.3, 0.4) is 0 Å². The van der Waals surface area contributed by atoms with Crippen molar-refractivity contribution in [3.63, 3.8) is 0 Å². The summed E-state index contributed by atoms with van der Waals surface area (Å²) < 4.78 is 4.49. The minimum absolute atomic E-state index is 0.0723. The van der Waals surface area contributed by atoms with Crippen LogP contribution < -0.4 is 11.3 Å². The second-order valence-corrected chi connectivity index (χ2v) is 2.59. The van der Waals surface area contributed by atoms with E-state index in [1.54, 1.807) is 0 Å². The van der Waals surface area contributed by atoms with Crippen molar-refractivity contribution in [2.75, 3.05) is 0 Å². The molecule has 0 aliphatic rings. The van der Waals surface area contributed by atoms with Crippen molar-refractivity contribution in [2.45, 2.75) is 19.8 Å². The molecule has 0 aliphatic heterocycles. The molecule has 0 unspecified atom stereocenters. The van der Waals surface area contributed by atoms with Crippen LogP contribution in [0, 0.1) is 0 Å². The third-order valence-corrected chi connectivity index (χ3v) is 1.39. The molecule has 0 fully saturated rings. The summed E-state index contributed by atoms with van der Waals surface area (Å²) in [5, 5.41) is 0. The van der Waals surface area contributed by atoms with Gasteiger partial charge < -0.3 is 4.42 Å². The molecule has 0 atom stereocenters. The van der Waals surface area contributed by atoms with Crippen molar-refractivity contribution in [2.24, 2.45) is 0 Å². The van der Waals surface area contributed by atoms with Crippen molar-refractivity contribution in [1.82, 2.24) is 4.98 Å². The molecule has 0 bridgehead atoms. The van der Waals surface area contributed by atoms with E-state index < -0.39 is 5.76 Å². The molecule has 4 heteroatoms. The van der Waals surface area contributed by atoms with Crippen molar-refractivity contribution >= 4 is 0 Å². The van der Waals surface area contributed by atoms with Gasteiger partial charge in [-0.2, -0.15) is 0 Å².